The van der Waals surface area contributed by atoms with Gasteiger partial charge in [0.05, 0.1) is 11.4 Å². The first kappa shape index (κ1) is 16.2. The topological polar surface area (TPSA) is 72.7 Å². The van der Waals surface area contributed by atoms with Crippen LogP contribution in [0, 0.1) is 0 Å². The highest BCUT2D eigenvalue weighted by Gasteiger charge is 2.11. The van der Waals surface area contributed by atoms with Gasteiger partial charge in [0.25, 0.3) is 0 Å². The number of thioether (sulfide) groups is 1. The van der Waals surface area contributed by atoms with E-state index < -0.39 is 0 Å². The zero-order valence-electron chi connectivity index (χ0n) is 13.2. The summed E-state index contributed by atoms with van der Waals surface area (Å²) in [6, 6.07) is 17.4. The number of anilines is 1. The number of carbonyl (C=O) groups is 1. The second-order valence-corrected chi connectivity index (χ2v) is 6.04. The molecular formula is C17H17N5OS. The molecule has 122 valence electrons. The molecule has 0 aliphatic carbocycles. The summed E-state index contributed by atoms with van der Waals surface area (Å²) in [5.74, 6) is 0.152. The number of benzene rings is 2. The zero-order chi connectivity index (χ0) is 16.8. The number of amides is 1. The summed E-state index contributed by atoms with van der Waals surface area (Å²) in [5, 5.41) is 15.1. The summed E-state index contributed by atoms with van der Waals surface area (Å²) in [7, 11) is 0. The van der Waals surface area contributed by atoms with E-state index in [4.69, 9.17) is 0 Å². The van der Waals surface area contributed by atoms with E-state index in [1.807, 2.05) is 54.6 Å². The van der Waals surface area contributed by atoms with E-state index >= 15 is 0 Å². The molecule has 1 N–H and O–H groups in total. The molecule has 1 amide bonds. The van der Waals surface area contributed by atoms with Gasteiger partial charge >= 0.3 is 0 Å². The Hall–Kier alpha value is -2.67. The number of hydrogen-bond donors (Lipinski definition) is 1. The van der Waals surface area contributed by atoms with Gasteiger partial charge in [-0.2, -0.15) is 4.68 Å². The molecule has 1 heterocycles. The second kappa shape index (κ2) is 7.74. The van der Waals surface area contributed by atoms with Gasteiger partial charge in [-0.1, -0.05) is 49.0 Å². The molecule has 0 fully saturated rings. The van der Waals surface area contributed by atoms with E-state index in [9.17, 15) is 4.79 Å². The summed E-state index contributed by atoms with van der Waals surface area (Å²) in [6.07, 6.45) is 0.935. The average Bonchev–Trinajstić information content (AvgIpc) is 3.09. The van der Waals surface area contributed by atoms with Crippen molar-refractivity contribution >= 4 is 23.4 Å². The van der Waals surface area contributed by atoms with Crippen molar-refractivity contribution in [3.63, 3.8) is 0 Å². The van der Waals surface area contributed by atoms with Crippen molar-refractivity contribution in [2.45, 2.75) is 18.5 Å². The number of para-hydroxylation sites is 1. The van der Waals surface area contributed by atoms with Crippen LogP contribution in [0.2, 0.25) is 0 Å². The van der Waals surface area contributed by atoms with Crippen LogP contribution in [-0.2, 0) is 11.2 Å². The molecular weight excluding hydrogens is 322 g/mol. The number of carbonyl (C=O) groups excluding carboxylic acids is 1. The fourth-order valence-electron chi connectivity index (χ4n) is 2.20. The first-order valence-electron chi connectivity index (χ1n) is 7.61. The highest BCUT2D eigenvalue weighted by molar-refractivity contribution is 7.99. The number of aryl methyl sites for hydroxylation is 1. The third kappa shape index (κ3) is 3.99. The van der Waals surface area contributed by atoms with E-state index in [1.165, 1.54) is 17.3 Å². The Morgan fingerprint density at radius 3 is 2.79 bits per heavy atom. The molecule has 0 bridgehead atoms. The third-order valence-corrected chi connectivity index (χ3v) is 4.31. The van der Waals surface area contributed by atoms with E-state index in [0.29, 0.717) is 5.16 Å². The molecule has 3 rings (SSSR count). The zero-order valence-corrected chi connectivity index (χ0v) is 14.0. The van der Waals surface area contributed by atoms with Crippen LogP contribution in [0.25, 0.3) is 5.69 Å². The number of hydrogen-bond acceptors (Lipinski definition) is 5. The lowest BCUT2D eigenvalue weighted by molar-refractivity contribution is -0.113. The predicted molar refractivity (Wildman–Crippen MR) is 94.3 cm³/mol. The first-order valence-corrected chi connectivity index (χ1v) is 8.60. The molecule has 2 aromatic carbocycles. The monoisotopic (exact) mass is 339 g/mol. The van der Waals surface area contributed by atoms with Crippen LogP contribution in [0.5, 0.6) is 0 Å². The Morgan fingerprint density at radius 2 is 2.00 bits per heavy atom. The Kier molecular flexibility index (Phi) is 5.22. The predicted octanol–water partition coefficient (Wildman–Crippen LogP) is 2.96. The van der Waals surface area contributed by atoms with Gasteiger partial charge in [0.15, 0.2) is 0 Å². The fraction of sp³-hybridized carbons (Fsp3) is 0.176. The summed E-state index contributed by atoms with van der Waals surface area (Å²) in [6.45, 7) is 2.08. The molecule has 0 aliphatic heterocycles. The van der Waals surface area contributed by atoms with Gasteiger partial charge in [0.2, 0.25) is 11.1 Å². The number of tetrazole rings is 1. The molecule has 0 unspecified atom stereocenters. The second-order valence-electron chi connectivity index (χ2n) is 5.10. The molecule has 0 radical (unpaired) electrons. The maximum Gasteiger partial charge on any atom is 0.234 e. The molecule has 0 aliphatic rings. The summed E-state index contributed by atoms with van der Waals surface area (Å²) in [4.78, 5) is 12.1. The van der Waals surface area contributed by atoms with Crippen molar-refractivity contribution < 1.29 is 4.79 Å². The molecule has 6 nitrogen and oxygen atoms in total. The van der Waals surface area contributed by atoms with Crippen molar-refractivity contribution in [1.29, 1.82) is 0 Å². The van der Waals surface area contributed by atoms with Gasteiger partial charge in [0, 0.05) is 5.69 Å². The van der Waals surface area contributed by atoms with Crippen LogP contribution in [0.1, 0.15) is 12.5 Å². The van der Waals surface area contributed by atoms with Crippen LogP contribution >= 0.6 is 11.8 Å². The maximum atomic E-state index is 12.1. The lowest BCUT2D eigenvalue weighted by Crippen LogP contribution is -2.14. The van der Waals surface area contributed by atoms with Crippen LogP contribution in [0.4, 0.5) is 5.69 Å². The van der Waals surface area contributed by atoms with Crippen molar-refractivity contribution in [3.8, 4) is 5.69 Å². The molecule has 24 heavy (non-hydrogen) atoms. The molecule has 0 saturated carbocycles. The van der Waals surface area contributed by atoms with Gasteiger partial charge in [-0.25, -0.2) is 0 Å². The first-order chi connectivity index (χ1) is 11.8. The Balaban J connectivity index is 1.62. The van der Waals surface area contributed by atoms with Crippen molar-refractivity contribution in [3.05, 3.63) is 60.2 Å². The Labute approximate surface area is 144 Å². The highest BCUT2D eigenvalue weighted by atomic mass is 32.2. The van der Waals surface area contributed by atoms with Gasteiger partial charge < -0.3 is 5.32 Å². The third-order valence-electron chi connectivity index (χ3n) is 3.39. The summed E-state index contributed by atoms with van der Waals surface area (Å²) < 4.78 is 1.62. The molecule has 0 atom stereocenters. The summed E-state index contributed by atoms with van der Waals surface area (Å²) in [5.41, 5.74) is 2.86. The van der Waals surface area contributed by atoms with Gasteiger partial charge in [0.1, 0.15) is 0 Å². The Bertz CT molecular complexity index is 819. The number of rotatable bonds is 6. The quantitative estimate of drug-likeness (QED) is 0.699. The van der Waals surface area contributed by atoms with Gasteiger partial charge in [-0.3, -0.25) is 4.79 Å². The smallest absolute Gasteiger partial charge is 0.234 e. The van der Waals surface area contributed by atoms with E-state index in [2.05, 4.69) is 27.8 Å². The lowest BCUT2D eigenvalue weighted by Gasteiger charge is -2.07. The number of nitrogens with zero attached hydrogens (tertiary/aromatic N) is 4. The van der Waals surface area contributed by atoms with E-state index in [0.717, 1.165) is 17.8 Å². The van der Waals surface area contributed by atoms with Crippen LogP contribution in [0.3, 0.4) is 0 Å². The van der Waals surface area contributed by atoms with Crippen molar-refractivity contribution in [1.82, 2.24) is 20.2 Å². The van der Waals surface area contributed by atoms with Crippen LogP contribution in [-0.4, -0.2) is 31.9 Å². The molecule has 0 saturated heterocycles. The molecule has 3 aromatic rings. The minimum absolute atomic E-state index is 0.0872. The van der Waals surface area contributed by atoms with Gasteiger partial charge in [-0.15, -0.1) is 5.10 Å². The normalized spacial score (nSPS) is 10.5. The largest absolute Gasteiger partial charge is 0.325 e. The van der Waals surface area contributed by atoms with Crippen molar-refractivity contribution in [2.24, 2.45) is 0 Å². The van der Waals surface area contributed by atoms with E-state index in [-0.39, 0.29) is 11.7 Å². The average molecular weight is 339 g/mol. The summed E-state index contributed by atoms with van der Waals surface area (Å²) >= 11 is 1.30. The standard InChI is InChI=1S/C17H17N5OS/c1-2-13-7-6-8-14(11-13)18-16(23)12-24-17-19-20-21-22(17)15-9-4-3-5-10-15/h3-11H,2,12H2,1H3,(H,18,23). The molecule has 7 heteroatoms. The molecule has 1 aromatic heterocycles. The Morgan fingerprint density at radius 1 is 1.17 bits per heavy atom. The SMILES string of the molecule is CCc1cccc(NC(=O)CSc2nnnn2-c2ccccc2)c1. The van der Waals surface area contributed by atoms with Crippen LogP contribution < -0.4 is 5.32 Å². The lowest BCUT2D eigenvalue weighted by atomic mass is 10.1. The van der Waals surface area contributed by atoms with E-state index in [1.54, 1.807) is 4.68 Å². The van der Waals surface area contributed by atoms with Crippen molar-refractivity contribution in [2.75, 3.05) is 11.1 Å². The van der Waals surface area contributed by atoms with Crippen LogP contribution in [0.15, 0.2) is 59.8 Å². The number of nitrogens with one attached hydrogen (secondary N) is 1. The fourth-order valence-corrected chi connectivity index (χ4v) is 2.89. The maximum absolute atomic E-state index is 12.1. The van der Waals surface area contributed by atoms with Gasteiger partial charge in [-0.05, 0) is 46.7 Å². The minimum atomic E-state index is -0.0872. The number of aromatic nitrogens is 4. The minimum Gasteiger partial charge on any atom is -0.325 e. The molecule has 0 spiro atoms. The highest BCUT2D eigenvalue weighted by Crippen LogP contribution is 2.18.